The van der Waals surface area contributed by atoms with E-state index in [0.717, 1.165) is 28.6 Å². The molecule has 0 aliphatic carbocycles. The number of hydrogen-bond donors (Lipinski definition) is 0. The molecule has 0 aliphatic rings. The van der Waals surface area contributed by atoms with Crippen molar-refractivity contribution in [3.8, 4) is 5.75 Å². The van der Waals surface area contributed by atoms with E-state index in [1.807, 2.05) is 12.1 Å². The fraction of sp³-hybridized carbons (Fsp3) is 0.500. The number of rotatable bonds is 5. The monoisotopic (exact) mass is 334 g/mol. The van der Waals surface area contributed by atoms with Gasteiger partial charge in [-0.3, -0.25) is 0 Å². The van der Waals surface area contributed by atoms with Gasteiger partial charge in [-0.25, -0.2) is 0 Å². The molecule has 0 heterocycles. The predicted octanol–water partition coefficient (Wildman–Crippen LogP) is 4.77. The Morgan fingerprint density at radius 1 is 1.40 bits per heavy atom. The van der Waals surface area contributed by atoms with Crippen LogP contribution in [-0.4, -0.2) is 6.61 Å². The van der Waals surface area contributed by atoms with E-state index in [4.69, 9.17) is 4.74 Å². The molecular weight excluding hydrogens is 320 g/mol. The van der Waals surface area contributed by atoms with E-state index in [1.165, 1.54) is 5.56 Å². The van der Waals surface area contributed by atoms with Gasteiger partial charge in [-0.1, -0.05) is 52.1 Å². The average Bonchev–Trinajstić information content (AvgIpc) is 2.27. The van der Waals surface area contributed by atoms with Crippen molar-refractivity contribution in [2.24, 2.45) is 5.92 Å². The van der Waals surface area contributed by atoms with Crippen LogP contribution in [0.25, 0.3) is 0 Å². The maximum absolute atomic E-state index is 5.71. The molecule has 15 heavy (non-hydrogen) atoms. The predicted molar refractivity (Wildman–Crippen MR) is 71.7 cm³/mol. The summed E-state index contributed by atoms with van der Waals surface area (Å²) in [6, 6.07) is 6.10. The van der Waals surface area contributed by atoms with Crippen molar-refractivity contribution in [2.45, 2.75) is 25.6 Å². The SMILES string of the molecule is CCC(C)COc1ccc(Br)c(CBr)c1. The van der Waals surface area contributed by atoms with Crippen LogP contribution >= 0.6 is 31.9 Å². The van der Waals surface area contributed by atoms with Crippen LogP contribution in [0.5, 0.6) is 5.75 Å². The van der Waals surface area contributed by atoms with Gasteiger partial charge in [0.25, 0.3) is 0 Å². The largest absolute Gasteiger partial charge is 0.493 e. The normalized spacial score (nSPS) is 12.5. The minimum atomic E-state index is 0.612. The van der Waals surface area contributed by atoms with Crippen molar-refractivity contribution in [3.63, 3.8) is 0 Å². The van der Waals surface area contributed by atoms with Gasteiger partial charge < -0.3 is 4.74 Å². The summed E-state index contributed by atoms with van der Waals surface area (Å²) in [7, 11) is 0. The summed E-state index contributed by atoms with van der Waals surface area (Å²) in [4.78, 5) is 0. The molecule has 1 aromatic carbocycles. The van der Waals surface area contributed by atoms with Crippen molar-refractivity contribution in [2.75, 3.05) is 6.61 Å². The van der Waals surface area contributed by atoms with Crippen molar-refractivity contribution in [1.82, 2.24) is 0 Å². The molecule has 0 saturated heterocycles. The molecule has 1 nitrogen and oxygen atoms in total. The fourth-order valence-corrected chi connectivity index (χ4v) is 2.33. The molecule has 84 valence electrons. The minimum absolute atomic E-state index is 0.612. The van der Waals surface area contributed by atoms with E-state index in [9.17, 15) is 0 Å². The lowest BCUT2D eigenvalue weighted by atomic mass is 10.1. The van der Waals surface area contributed by atoms with Gasteiger partial charge in [0.05, 0.1) is 6.61 Å². The first kappa shape index (κ1) is 13.0. The first-order valence-electron chi connectivity index (χ1n) is 5.14. The molecule has 0 aliphatic heterocycles. The zero-order valence-electron chi connectivity index (χ0n) is 9.09. The molecule has 0 amide bonds. The standard InChI is InChI=1S/C12H16Br2O/c1-3-9(2)8-15-11-4-5-12(14)10(6-11)7-13/h4-6,9H,3,7-8H2,1-2H3. The summed E-state index contributed by atoms with van der Waals surface area (Å²) < 4.78 is 6.84. The number of halogens is 2. The molecule has 0 saturated carbocycles. The Morgan fingerprint density at radius 2 is 2.13 bits per heavy atom. The Labute approximate surface area is 108 Å². The number of alkyl halides is 1. The Morgan fingerprint density at radius 3 is 2.73 bits per heavy atom. The van der Waals surface area contributed by atoms with E-state index in [1.54, 1.807) is 0 Å². The highest BCUT2D eigenvalue weighted by atomic mass is 79.9. The van der Waals surface area contributed by atoms with Crippen LogP contribution in [0.1, 0.15) is 25.8 Å². The van der Waals surface area contributed by atoms with Crippen LogP contribution < -0.4 is 4.74 Å². The van der Waals surface area contributed by atoms with Crippen LogP contribution in [0, 0.1) is 5.92 Å². The van der Waals surface area contributed by atoms with Crippen LogP contribution in [0.3, 0.4) is 0 Å². The zero-order valence-corrected chi connectivity index (χ0v) is 12.3. The van der Waals surface area contributed by atoms with Crippen LogP contribution in [0.2, 0.25) is 0 Å². The van der Waals surface area contributed by atoms with Gasteiger partial charge in [-0.05, 0) is 29.7 Å². The third-order valence-corrected chi connectivity index (χ3v) is 3.77. The number of hydrogen-bond acceptors (Lipinski definition) is 1. The van der Waals surface area contributed by atoms with Crippen molar-refractivity contribution in [1.29, 1.82) is 0 Å². The van der Waals surface area contributed by atoms with Gasteiger partial charge in [0.15, 0.2) is 0 Å². The van der Waals surface area contributed by atoms with Crippen molar-refractivity contribution < 1.29 is 4.74 Å². The zero-order chi connectivity index (χ0) is 11.3. The Balaban J connectivity index is 2.62. The molecule has 1 unspecified atom stereocenters. The molecule has 1 rings (SSSR count). The molecule has 0 N–H and O–H groups in total. The topological polar surface area (TPSA) is 9.23 Å². The lowest BCUT2D eigenvalue weighted by molar-refractivity contribution is 0.256. The first-order chi connectivity index (χ1) is 7.17. The fourth-order valence-electron chi connectivity index (χ4n) is 1.10. The molecule has 0 bridgehead atoms. The van der Waals surface area contributed by atoms with Gasteiger partial charge in [-0.15, -0.1) is 0 Å². The lowest BCUT2D eigenvalue weighted by Crippen LogP contribution is -2.07. The third kappa shape index (κ3) is 4.15. The molecule has 1 atom stereocenters. The molecule has 0 fully saturated rings. The lowest BCUT2D eigenvalue weighted by Gasteiger charge is -2.12. The molecule has 0 spiro atoms. The first-order valence-corrected chi connectivity index (χ1v) is 7.06. The maximum atomic E-state index is 5.71. The summed E-state index contributed by atoms with van der Waals surface area (Å²) >= 11 is 6.95. The smallest absolute Gasteiger partial charge is 0.119 e. The number of ether oxygens (including phenoxy) is 1. The molecular formula is C12H16Br2O. The van der Waals surface area contributed by atoms with Gasteiger partial charge >= 0.3 is 0 Å². The van der Waals surface area contributed by atoms with Gasteiger partial charge in [0.2, 0.25) is 0 Å². The molecule has 1 aromatic rings. The van der Waals surface area contributed by atoms with E-state index < -0.39 is 0 Å². The summed E-state index contributed by atoms with van der Waals surface area (Å²) in [5.74, 6) is 1.56. The highest BCUT2D eigenvalue weighted by Gasteiger charge is 2.03. The van der Waals surface area contributed by atoms with Crippen molar-refractivity contribution in [3.05, 3.63) is 28.2 Å². The summed E-state index contributed by atoms with van der Waals surface area (Å²) in [6.45, 7) is 5.17. The number of benzene rings is 1. The highest BCUT2D eigenvalue weighted by Crippen LogP contribution is 2.24. The second kappa shape index (κ2) is 6.54. The van der Waals surface area contributed by atoms with E-state index in [0.29, 0.717) is 5.92 Å². The van der Waals surface area contributed by atoms with Crippen LogP contribution in [-0.2, 0) is 5.33 Å². The van der Waals surface area contributed by atoms with Crippen LogP contribution in [0.4, 0.5) is 0 Å². The second-order valence-corrected chi connectivity index (χ2v) is 5.13. The Hall–Kier alpha value is -0.0200. The quantitative estimate of drug-likeness (QED) is 0.704. The van der Waals surface area contributed by atoms with Crippen molar-refractivity contribution >= 4 is 31.9 Å². The van der Waals surface area contributed by atoms with Crippen LogP contribution in [0.15, 0.2) is 22.7 Å². The maximum Gasteiger partial charge on any atom is 0.119 e. The summed E-state index contributed by atoms with van der Waals surface area (Å²) in [5, 5.41) is 0.841. The minimum Gasteiger partial charge on any atom is -0.493 e. The van der Waals surface area contributed by atoms with Gasteiger partial charge in [-0.2, -0.15) is 0 Å². The van der Waals surface area contributed by atoms with Gasteiger partial charge in [0, 0.05) is 9.80 Å². The average molecular weight is 336 g/mol. The molecule has 0 aromatic heterocycles. The summed E-state index contributed by atoms with van der Waals surface area (Å²) in [5.41, 5.74) is 1.22. The third-order valence-electron chi connectivity index (χ3n) is 2.39. The Kier molecular flexibility index (Phi) is 5.69. The molecule has 0 radical (unpaired) electrons. The van der Waals surface area contributed by atoms with E-state index >= 15 is 0 Å². The molecule has 3 heteroatoms. The van der Waals surface area contributed by atoms with E-state index in [-0.39, 0.29) is 0 Å². The second-order valence-electron chi connectivity index (χ2n) is 3.71. The van der Waals surface area contributed by atoms with Gasteiger partial charge in [0.1, 0.15) is 5.75 Å². The van der Waals surface area contributed by atoms with E-state index in [2.05, 4.69) is 51.8 Å². The Bertz CT molecular complexity index is 312. The highest BCUT2D eigenvalue weighted by molar-refractivity contribution is 9.10. The summed E-state index contributed by atoms with van der Waals surface area (Å²) in [6.07, 6.45) is 1.15.